The summed E-state index contributed by atoms with van der Waals surface area (Å²) in [6.45, 7) is 150. The molecule has 0 unspecified atom stereocenters. The number of rotatable bonds is 18. The van der Waals surface area contributed by atoms with Gasteiger partial charge in [0.15, 0.2) is 0 Å². The van der Waals surface area contributed by atoms with Crippen molar-refractivity contribution < 1.29 is 157 Å². The molecule has 0 fully saturated rings. The standard InChI is InChI=1S/2C15H15N.2C13H19N.2C12H17N.18C2H5.6Zr/c2*1-11-7-4-5-10-14(11)16-15-12(2)8-6-9-13(15)3;2*1-5-6-7-14-13-11(3)8-10(2)9-12(13)4;2*1-5-6-13-12-10(3)7-9(2)8-11(12)4;18*1-2;;;;;;/h2*4-10H,1H2,2-3H3;2*8-9H,1,5-7H2,2-4H3;2*7-8H,1,5-6H2,2-4H3;18*1H2,2H3;;;;;;/q6*-2;18*-1;;;;;;. The van der Waals surface area contributed by atoms with Gasteiger partial charge in [-0.05, 0) is 111 Å². The van der Waals surface area contributed by atoms with E-state index in [9.17, 15) is 0 Å². The SMILES string of the molecule is [CH2-]C.[CH2-]C.[CH2-]C.[CH2-]C.[CH2-]C.[CH2-]C.[CH2-]C.[CH2-]C.[CH2-]C.[CH2-]C.[CH2-]C.[CH2-]C.[CH2-]C.[CH2-]C.[CH2-]C.[CH2-]C.[CH2-]C.[CH2-]C.[CH2-]CCC[N-]c1c(C)cc(C)cc1C.[CH2-]CCC[N-]c1c(C)cc(C)cc1C.[CH2-]CC[N-]c1c(C)cc(C)cc1C.[CH2-]CC[N-]c1c(C)cc(C)cc1C.[CH2-]c1ccccc1[N-]c1c(C)cccc1C.[CH2-]c1ccccc1[N-]c1c(C)cccc1C.[Zr].[Zr].[Zr].[Zr].[Zr].[Zr]. The number of unbranched alkanes of at least 4 members (excludes halogenated alkanes) is 2. The Bertz CT molecular complexity index is 2990. The molecule has 128 heavy (non-hydrogen) atoms. The third-order valence-electron chi connectivity index (χ3n) is 14.1. The van der Waals surface area contributed by atoms with Gasteiger partial charge < -0.3 is 184 Å². The molecule has 8 aromatic carbocycles. The van der Waals surface area contributed by atoms with E-state index in [2.05, 4.69) is 394 Å². The third-order valence-corrected chi connectivity index (χ3v) is 14.1. The van der Waals surface area contributed by atoms with E-state index >= 15 is 0 Å². The fourth-order valence-corrected chi connectivity index (χ4v) is 10.1. The maximum Gasteiger partial charge on any atom is 0 e. The Kier molecular flexibility index (Phi) is 209. The van der Waals surface area contributed by atoms with E-state index < -0.39 is 0 Å². The van der Waals surface area contributed by atoms with Crippen LogP contribution in [0.15, 0.2) is 133 Å². The van der Waals surface area contributed by atoms with Crippen LogP contribution in [0.1, 0.15) is 263 Å². The maximum absolute atomic E-state index is 4.68. The monoisotopic (exact) mass is 2210 g/mol. The van der Waals surface area contributed by atoms with Gasteiger partial charge in [0, 0.05) is 157 Å². The third kappa shape index (κ3) is 98.1. The first-order chi connectivity index (χ1) is 59.0. The van der Waals surface area contributed by atoms with Gasteiger partial charge in [-0.15, -0.1) is 71.5 Å². The van der Waals surface area contributed by atoms with E-state index in [-0.39, 0.29) is 157 Å². The molecule has 0 saturated heterocycles. The van der Waals surface area contributed by atoms with Crippen molar-refractivity contribution in [1.82, 2.24) is 0 Å². The van der Waals surface area contributed by atoms with Gasteiger partial charge in [0.05, 0.1) is 0 Å². The summed E-state index contributed by atoms with van der Waals surface area (Å²) in [5.41, 5.74) is 30.8. The predicted octanol–water partition coefficient (Wildman–Crippen LogP) is 40.9. The number of benzene rings is 8. The van der Waals surface area contributed by atoms with Gasteiger partial charge in [-0.1, -0.05) is 199 Å². The minimum absolute atomic E-state index is 0. The second-order valence-electron chi connectivity index (χ2n) is 22.6. The molecule has 0 atom stereocenters. The van der Waals surface area contributed by atoms with Crippen LogP contribution in [0.5, 0.6) is 0 Å². The van der Waals surface area contributed by atoms with Gasteiger partial charge in [-0.2, -0.15) is 176 Å². The van der Waals surface area contributed by atoms with Crippen molar-refractivity contribution in [2.24, 2.45) is 0 Å². The molecule has 0 bridgehead atoms. The molecule has 0 aliphatic rings. The minimum Gasteiger partial charge on any atom is -0.715 e. The van der Waals surface area contributed by atoms with Crippen molar-refractivity contribution in [3.05, 3.63) is 432 Å². The zero-order chi connectivity index (χ0) is 99.9. The van der Waals surface area contributed by atoms with E-state index in [1.54, 1.807) is 125 Å². The van der Waals surface area contributed by atoms with Crippen molar-refractivity contribution in [2.75, 3.05) is 26.2 Å². The van der Waals surface area contributed by atoms with Gasteiger partial charge in [0.25, 0.3) is 0 Å². The first-order valence-electron chi connectivity index (χ1n) is 43.3. The molecule has 0 aliphatic heterocycles. The summed E-state index contributed by atoms with van der Waals surface area (Å²) in [7, 11) is 0. The van der Waals surface area contributed by atoms with E-state index in [4.69, 9.17) is 0 Å². The van der Waals surface area contributed by atoms with Crippen LogP contribution in [0.25, 0.3) is 31.9 Å². The predicted molar refractivity (Wildman–Crippen MR) is 581 cm³/mol. The quantitative estimate of drug-likeness (QED) is 0.0606. The smallest absolute Gasteiger partial charge is 0 e. The Morgan fingerprint density at radius 3 is 0.492 bits per heavy atom. The summed E-state index contributed by atoms with van der Waals surface area (Å²) < 4.78 is 0. The van der Waals surface area contributed by atoms with Crippen LogP contribution in [-0.2, 0) is 157 Å². The minimum atomic E-state index is 0. The number of hydrogen-bond acceptors (Lipinski definition) is 0. The van der Waals surface area contributed by atoms with Gasteiger partial charge in [-0.25, -0.2) is 25.0 Å². The van der Waals surface area contributed by atoms with Crippen molar-refractivity contribution in [3.8, 4) is 0 Å². The normalized spacial score (nSPS) is 7.69. The van der Waals surface area contributed by atoms with Crippen LogP contribution < -0.4 is 0 Å². The van der Waals surface area contributed by atoms with Crippen LogP contribution in [0.3, 0.4) is 0 Å². The van der Waals surface area contributed by atoms with Crippen LogP contribution in [0.2, 0.25) is 0 Å². The molecule has 740 valence electrons. The zero-order valence-corrected chi connectivity index (χ0v) is 104. The Morgan fingerprint density at radius 2 is 0.344 bits per heavy atom. The van der Waals surface area contributed by atoms with Gasteiger partial charge in [0.2, 0.25) is 0 Å². The van der Waals surface area contributed by atoms with Crippen LogP contribution >= 0.6 is 0 Å². The van der Waals surface area contributed by atoms with E-state index in [0.717, 1.165) is 110 Å². The molecule has 0 amide bonds. The Balaban J connectivity index is -0.0000000487. The number of para-hydroxylation sites is 4. The van der Waals surface area contributed by atoms with Crippen molar-refractivity contribution >= 4 is 45.5 Å². The zero-order valence-electron chi connectivity index (χ0n) is 89.4. The summed E-state index contributed by atoms with van der Waals surface area (Å²) in [5.74, 6) is 0. The molecule has 6 nitrogen and oxygen atoms in total. The molecule has 8 aromatic rings. The first-order valence-corrected chi connectivity index (χ1v) is 43.3. The van der Waals surface area contributed by atoms with E-state index in [1.807, 2.05) is 48.5 Å². The first kappa shape index (κ1) is 182. The fourth-order valence-electron chi connectivity index (χ4n) is 10.1. The average Bonchev–Trinajstić information content (AvgIpc) is 0.871. The maximum atomic E-state index is 4.68. The summed E-state index contributed by atoms with van der Waals surface area (Å²) in [4.78, 5) is 0. The number of nitrogens with zero attached hydrogens (tertiary/aromatic N) is 6. The van der Waals surface area contributed by atoms with Crippen LogP contribution in [-0.4, -0.2) is 26.2 Å². The average molecular weight is 2220 g/mol. The largest absolute Gasteiger partial charge is 0.715 e. The van der Waals surface area contributed by atoms with Gasteiger partial charge in [0.1, 0.15) is 0 Å². The molecule has 0 spiro atoms. The molecule has 0 saturated carbocycles. The molecule has 0 aromatic heterocycles. The summed E-state index contributed by atoms with van der Waals surface area (Å²) in [5, 5.41) is 27.6. The molecule has 0 heterocycles. The molecular formula is C116H192N6Zr6-30. The molecule has 12 heteroatoms. The molecule has 0 aliphatic carbocycles. The van der Waals surface area contributed by atoms with Gasteiger partial charge in [-0.3, -0.25) is 11.4 Å². The van der Waals surface area contributed by atoms with Gasteiger partial charge >= 0.3 is 0 Å². The topological polar surface area (TPSA) is 84.6 Å². The molecule has 0 radical (unpaired) electrons. The summed E-state index contributed by atoms with van der Waals surface area (Å²) >= 11 is 0. The van der Waals surface area contributed by atoms with E-state index in [1.165, 1.54) is 100 Å². The number of aryl methyl sites for hydroxylation is 16. The Hall–Kier alpha value is -2.40. The Morgan fingerprint density at radius 1 is 0.188 bits per heavy atom. The van der Waals surface area contributed by atoms with Crippen LogP contribution in [0.4, 0.5) is 45.5 Å². The van der Waals surface area contributed by atoms with E-state index in [0.29, 0.717) is 0 Å². The summed E-state index contributed by atoms with van der Waals surface area (Å²) in [6.07, 6.45) is 5.82. The number of hydrogen-bond donors (Lipinski definition) is 0. The molecule has 0 N–H and O–H groups in total. The van der Waals surface area contributed by atoms with Crippen molar-refractivity contribution in [1.29, 1.82) is 0 Å². The Labute approximate surface area is 924 Å². The second kappa shape index (κ2) is 148. The van der Waals surface area contributed by atoms with Crippen LogP contribution in [0, 0.1) is 277 Å². The van der Waals surface area contributed by atoms with Crippen molar-refractivity contribution in [2.45, 2.75) is 274 Å². The fraction of sp³-hybridized carbons (Fsp3) is 0.379. The summed E-state index contributed by atoms with van der Waals surface area (Å²) in [6, 6.07) is 45.8. The molecular weight excluding hydrogens is 2020 g/mol. The second-order valence-corrected chi connectivity index (χ2v) is 22.6. The van der Waals surface area contributed by atoms with Crippen molar-refractivity contribution in [3.63, 3.8) is 0 Å². The molecule has 8 rings (SSSR count).